The quantitative estimate of drug-likeness (QED) is 0.627. The van der Waals surface area contributed by atoms with Crippen LogP contribution in [-0.2, 0) is 4.79 Å². The van der Waals surface area contributed by atoms with E-state index in [9.17, 15) is 4.79 Å². The maximum atomic E-state index is 12.9. The SMILES string of the molecule is CCCCCC(=O)C12CC3CC(C)(CC(C)(C3)C1)C2. The van der Waals surface area contributed by atoms with Gasteiger partial charge in [-0.3, -0.25) is 4.79 Å². The van der Waals surface area contributed by atoms with E-state index in [0.29, 0.717) is 16.6 Å². The van der Waals surface area contributed by atoms with Crippen molar-refractivity contribution in [2.75, 3.05) is 0 Å². The zero-order valence-corrected chi connectivity index (χ0v) is 13.1. The van der Waals surface area contributed by atoms with Crippen LogP contribution < -0.4 is 0 Å². The molecule has 0 aliphatic heterocycles. The maximum Gasteiger partial charge on any atom is 0.139 e. The van der Waals surface area contributed by atoms with Crippen molar-refractivity contribution >= 4 is 5.78 Å². The maximum absolute atomic E-state index is 12.9. The van der Waals surface area contributed by atoms with Crippen LogP contribution in [0.2, 0.25) is 0 Å². The predicted octanol–water partition coefficient (Wildman–Crippen LogP) is 5.13. The van der Waals surface area contributed by atoms with Crippen molar-refractivity contribution in [3.05, 3.63) is 0 Å². The first-order chi connectivity index (χ1) is 8.89. The standard InChI is InChI=1S/C18H30O/c1-4-5-6-7-15(19)18-10-14-8-16(2,12-18)11-17(3,9-14)13-18/h14H,4-13H2,1-3H3. The summed E-state index contributed by atoms with van der Waals surface area (Å²) >= 11 is 0. The number of rotatable bonds is 5. The number of Topliss-reactive ketones (excluding diaryl/α,β-unsaturated/α-hetero) is 1. The van der Waals surface area contributed by atoms with E-state index in [1.54, 1.807) is 0 Å². The van der Waals surface area contributed by atoms with Crippen LogP contribution in [0.15, 0.2) is 0 Å². The van der Waals surface area contributed by atoms with Gasteiger partial charge < -0.3 is 0 Å². The average molecular weight is 262 g/mol. The highest BCUT2D eigenvalue weighted by atomic mass is 16.1. The summed E-state index contributed by atoms with van der Waals surface area (Å²) in [7, 11) is 0. The highest BCUT2D eigenvalue weighted by Gasteiger charge is 2.62. The number of hydrogen-bond acceptors (Lipinski definition) is 1. The monoisotopic (exact) mass is 262 g/mol. The minimum Gasteiger partial charge on any atom is -0.299 e. The van der Waals surface area contributed by atoms with Crippen LogP contribution in [0, 0.1) is 22.2 Å². The predicted molar refractivity (Wildman–Crippen MR) is 79.0 cm³/mol. The molecule has 4 rings (SSSR count). The van der Waals surface area contributed by atoms with Crippen LogP contribution in [0.1, 0.15) is 85.0 Å². The molecule has 0 spiro atoms. The molecule has 2 atom stereocenters. The molecule has 4 aliphatic rings. The number of carbonyl (C=O) groups excluding carboxylic acids is 1. The van der Waals surface area contributed by atoms with Gasteiger partial charge in [0.25, 0.3) is 0 Å². The second-order valence-electron chi connectivity index (χ2n) is 8.79. The zero-order chi connectivity index (χ0) is 13.7. The lowest BCUT2D eigenvalue weighted by Crippen LogP contribution is -2.57. The fourth-order valence-corrected chi connectivity index (χ4v) is 6.56. The lowest BCUT2D eigenvalue weighted by Gasteiger charge is -2.64. The lowest BCUT2D eigenvalue weighted by molar-refractivity contribution is -0.168. The molecule has 1 nitrogen and oxygen atoms in total. The summed E-state index contributed by atoms with van der Waals surface area (Å²) in [5.74, 6) is 1.48. The van der Waals surface area contributed by atoms with Crippen molar-refractivity contribution in [2.45, 2.75) is 85.0 Å². The van der Waals surface area contributed by atoms with Gasteiger partial charge in [-0.15, -0.1) is 0 Å². The topological polar surface area (TPSA) is 17.1 Å². The highest BCUT2D eigenvalue weighted by molar-refractivity contribution is 5.85. The summed E-state index contributed by atoms with van der Waals surface area (Å²) in [6, 6.07) is 0. The second-order valence-corrected chi connectivity index (χ2v) is 8.79. The minimum absolute atomic E-state index is 0.0939. The highest BCUT2D eigenvalue weighted by Crippen LogP contribution is 2.69. The molecule has 19 heavy (non-hydrogen) atoms. The fraction of sp³-hybridized carbons (Fsp3) is 0.944. The molecule has 0 amide bonds. The Bertz CT molecular complexity index is 365. The first-order valence-electron chi connectivity index (χ1n) is 8.42. The van der Waals surface area contributed by atoms with Gasteiger partial charge >= 0.3 is 0 Å². The van der Waals surface area contributed by atoms with Crippen molar-refractivity contribution < 1.29 is 4.79 Å². The third kappa shape index (κ3) is 2.28. The molecule has 0 radical (unpaired) electrons. The van der Waals surface area contributed by atoms with E-state index in [4.69, 9.17) is 0 Å². The zero-order valence-electron chi connectivity index (χ0n) is 13.1. The molecule has 108 valence electrons. The van der Waals surface area contributed by atoms with Gasteiger partial charge in [0.05, 0.1) is 0 Å². The summed E-state index contributed by atoms with van der Waals surface area (Å²) in [4.78, 5) is 12.9. The van der Waals surface area contributed by atoms with Gasteiger partial charge in [0.15, 0.2) is 0 Å². The van der Waals surface area contributed by atoms with Crippen molar-refractivity contribution in [1.82, 2.24) is 0 Å². The summed E-state index contributed by atoms with van der Waals surface area (Å²) in [6.07, 6.45) is 12.2. The Morgan fingerprint density at radius 1 is 1.00 bits per heavy atom. The van der Waals surface area contributed by atoms with E-state index in [2.05, 4.69) is 20.8 Å². The summed E-state index contributed by atoms with van der Waals surface area (Å²) in [5.41, 5.74) is 1.06. The van der Waals surface area contributed by atoms with Crippen molar-refractivity contribution in [2.24, 2.45) is 22.2 Å². The molecule has 4 bridgehead atoms. The Kier molecular flexibility index (Phi) is 3.11. The van der Waals surface area contributed by atoms with Crippen LogP contribution in [-0.4, -0.2) is 5.78 Å². The Labute approximate surface area is 118 Å². The number of hydrogen-bond donors (Lipinski definition) is 0. The van der Waals surface area contributed by atoms with E-state index >= 15 is 0 Å². The van der Waals surface area contributed by atoms with Gasteiger partial charge in [0, 0.05) is 11.8 Å². The van der Waals surface area contributed by atoms with E-state index < -0.39 is 0 Å². The summed E-state index contributed by atoms with van der Waals surface area (Å²) in [5, 5.41) is 0. The summed E-state index contributed by atoms with van der Waals surface area (Å²) in [6.45, 7) is 7.14. The Morgan fingerprint density at radius 2 is 1.63 bits per heavy atom. The number of ketones is 1. The second kappa shape index (κ2) is 4.33. The van der Waals surface area contributed by atoms with Crippen LogP contribution in [0.4, 0.5) is 0 Å². The van der Waals surface area contributed by atoms with E-state index in [0.717, 1.165) is 18.8 Å². The molecule has 0 aromatic carbocycles. The Hall–Kier alpha value is -0.330. The molecule has 0 aromatic heterocycles. The molecule has 1 heteroatoms. The molecule has 0 saturated heterocycles. The fourth-order valence-electron chi connectivity index (χ4n) is 6.56. The molecule has 4 aliphatic carbocycles. The first kappa shape index (κ1) is 13.6. The molecule has 0 heterocycles. The molecular formula is C18H30O. The van der Waals surface area contributed by atoms with Crippen LogP contribution >= 0.6 is 0 Å². The molecule has 4 fully saturated rings. The molecule has 4 saturated carbocycles. The average Bonchev–Trinajstić information content (AvgIpc) is 2.24. The Balaban J connectivity index is 1.78. The van der Waals surface area contributed by atoms with Gasteiger partial charge in [-0.25, -0.2) is 0 Å². The van der Waals surface area contributed by atoms with E-state index in [1.807, 2.05) is 0 Å². The van der Waals surface area contributed by atoms with Gasteiger partial charge in [0.2, 0.25) is 0 Å². The third-order valence-corrected chi connectivity index (χ3v) is 6.23. The third-order valence-electron chi connectivity index (χ3n) is 6.23. The van der Waals surface area contributed by atoms with Crippen LogP contribution in [0.25, 0.3) is 0 Å². The number of carbonyl (C=O) groups is 1. The van der Waals surface area contributed by atoms with Gasteiger partial charge in [0.1, 0.15) is 5.78 Å². The largest absolute Gasteiger partial charge is 0.299 e. The molecule has 0 aromatic rings. The van der Waals surface area contributed by atoms with Crippen molar-refractivity contribution in [1.29, 1.82) is 0 Å². The van der Waals surface area contributed by atoms with Gasteiger partial charge in [-0.1, -0.05) is 33.6 Å². The molecule has 2 unspecified atom stereocenters. The van der Waals surface area contributed by atoms with E-state index in [-0.39, 0.29) is 5.41 Å². The smallest absolute Gasteiger partial charge is 0.139 e. The first-order valence-corrected chi connectivity index (χ1v) is 8.42. The normalized spacial score (nSPS) is 47.6. The van der Waals surface area contributed by atoms with Crippen molar-refractivity contribution in [3.8, 4) is 0 Å². The van der Waals surface area contributed by atoms with Gasteiger partial charge in [-0.2, -0.15) is 0 Å². The minimum atomic E-state index is 0.0939. The summed E-state index contributed by atoms with van der Waals surface area (Å²) < 4.78 is 0. The van der Waals surface area contributed by atoms with Crippen molar-refractivity contribution in [3.63, 3.8) is 0 Å². The lowest BCUT2D eigenvalue weighted by atomic mass is 9.39. The Morgan fingerprint density at radius 3 is 2.16 bits per heavy atom. The van der Waals surface area contributed by atoms with Gasteiger partial charge in [-0.05, 0) is 61.7 Å². The van der Waals surface area contributed by atoms with Crippen LogP contribution in [0.3, 0.4) is 0 Å². The molecule has 0 N–H and O–H groups in total. The van der Waals surface area contributed by atoms with E-state index in [1.165, 1.54) is 51.4 Å². The number of unbranched alkanes of at least 4 members (excludes halogenated alkanes) is 2. The van der Waals surface area contributed by atoms with Crippen LogP contribution in [0.5, 0.6) is 0 Å². The molecular weight excluding hydrogens is 232 g/mol.